The van der Waals surface area contributed by atoms with E-state index in [0.717, 1.165) is 44.2 Å². The second-order valence-electron chi connectivity index (χ2n) is 7.09. The molecule has 0 saturated heterocycles. The molecule has 27 heavy (non-hydrogen) atoms. The summed E-state index contributed by atoms with van der Waals surface area (Å²) in [6, 6.07) is 10.8. The van der Waals surface area contributed by atoms with Crippen molar-refractivity contribution in [3.63, 3.8) is 0 Å². The van der Waals surface area contributed by atoms with Crippen LogP contribution >= 0.6 is 0 Å². The highest BCUT2D eigenvalue weighted by atomic mass is 19.2. The number of rotatable bonds is 3. The van der Waals surface area contributed by atoms with Crippen LogP contribution in [0.25, 0.3) is 0 Å². The fraction of sp³-hybridized carbons (Fsp3) is 0.333. The van der Waals surface area contributed by atoms with Crippen molar-refractivity contribution >= 4 is 0 Å². The lowest BCUT2D eigenvalue weighted by Crippen LogP contribution is -2.11. The van der Waals surface area contributed by atoms with Crippen LogP contribution in [0.3, 0.4) is 0 Å². The van der Waals surface area contributed by atoms with E-state index >= 15 is 0 Å². The highest BCUT2D eigenvalue weighted by molar-refractivity contribution is 5.38. The summed E-state index contributed by atoms with van der Waals surface area (Å²) < 4.78 is 39.2. The quantitative estimate of drug-likeness (QED) is 0.426. The highest BCUT2D eigenvalue weighted by Gasteiger charge is 2.20. The minimum atomic E-state index is -1.46. The Morgan fingerprint density at radius 3 is 2.19 bits per heavy atom. The predicted octanol–water partition coefficient (Wildman–Crippen LogP) is 6.55. The third kappa shape index (κ3) is 5.04. The third-order valence-corrected chi connectivity index (χ3v) is 5.28. The molecule has 0 N–H and O–H groups in total. The molecule has 3 heteroatoms. The molecule has 0 aromatic heterocycles. The minimum absolute atomic E-state index is 0.135. The van der Waals surface area contributed by atoms with Crippen LogP contribution in [-0.4, -0.2) is 0 Å². The van der Waals surface area contributed by atoms with Crippen LogP contribution in [-0.2, 0) is 6.42 Å². The minimum Gasteiger partial charge on any atom is -0.204 e. The molecule has 0 atom stereocenters. The Kier molecular flexibility index (Phi) is 6.40. The molecule has 1 aliphatic rings. The molecule has 140 valence electrons. The summed E-state index contributed by atoms with van der Waals surface area (Å²) >= 11 is 0. The summed E-state index contributed by atoms with van der Waals surface area (Å²) in [6.45, 7) is 2.17. The van der Waals surface area contributed by atoms with E-state index in [-0.39, 0.29) is 5.56 Å². The van der Waals surface area contributed by atoms with Crippen LogP contribution in [0, 0.1) is 35.2 Å². The van der Waals surface area contributed by atoms with Crippen molar-refractivity contribution in [2.24, 2.45) is 5.92 Å². The van der Waals surface area contributed by atoms with Crippen molar-refractivity contribution < 1.29 is 13.2 Å². The molecule has 0 aliphatic heterocycles. The van der Waals surface area contributed by atoms with Gasteiger partial charge in [-0.25, -0.2) is 13.2 Å². The molecule has 0 nitrogen and oxygen atoms in total. The van der Waals surface area contributed by atoms with Crippen molar-refractivity contribution in [1.29, 1.82) is 0 Å². The molecular formula is C24H23F3. The summed E-state index contributed by atoms with van der Waals surface area (Å²) in [5.74, 6) is 2.66. The molecule has 1 saturated carbocycles. The summed E-state index contributed by atoms with van der Waals surface area (Å²) in [6.07, 6.45) is 9.40. The summed E-state index contributed by atoms with van der Waals surface area (Å²) in [4.78, 5) is 0. The monoisotopic (exact) mass is 368 g/mol. The Morgan fingerprint density at radius 2 is 1.59 bits per heavy atom. The number of hydrogen-bond donors (Lipinski definition) is 0. The van der Waals surface area contributed by atoms with Crippen LogP contribution in [0.4, 0.5) is 13.2 Å². The van der Waals surface area contributed by atoms with E-state index in [9.17, 15) is 13.2 Å². The van der Waals surface area contributed by atoms with Gasteiger partial charge in [-0.1, -0.05) is 49.1 Å². The SMILES string of the molecule is CCc1ccc([C@H]2CC[C@H](C=CC#Cc3cc(F)c(F)c(F)c3)CC2)cc1. The number of allylic oxidation sites excluding steroid dienone is 2. The van der Waals surface area contributed by atoms with Gasteiger partial charge in [0.2, 0.25) is 0 Å². The second-order valence-corrected chi connectivity index (χ2v) is 7.09. The molecule has 0 heterocycles. The van der Waals surface area contributed by atoms with Crippen molar-refractivity contribution in [1.82, 2.24) is 0 Å². The number of benzene rings is 2. The lowest BCUT2D eigenvalue weighted by molar-refractivity contribution is 0.376. The zero-order valence-electron chi connectivity index (χ0n) is 15.4. The number of aryl methyl sites for hydroxylation is 1. The number of hydrogen-bond acceptors (Lipinski definition) is 0. The van der Waals surface area contributed by atoms with E-state index in [2.05, 4.69) is 49.1 Å². The molecule has 2 aromatic carbocycles. The van der Waals surface area contributed by atoms with Gasteiger partial charge in [-0.05, 0) is 73.3 Å². The van der Waals surface area contributed by atoms with Crippen LogP contribution in [0.2, 0.25) is 0 Å². The molecule has 1 fully saturated rings. The largest absolute Gasteiger partial charge is 0.204 e. The van der Waals surface area contributed by atoms with Gasteiger partial charge in [0.1, 0.15) is 0 Å². The van der Waals surface area contributed by atoms with E-state index in [1.54, 1.807) is 6.08 Å². The van der Waals surface area contributed by atoms with Crippen LogP contribution in [0.1, 0.15) is 55.2 Å². The number of halogens is 3. The zero-order chi connectivity index (χ0) is 19.2. The molecule has 0 bridgehead atoms. The van der Waals surface area contributed by atoms with Crippen LogP contribution in [0.15, 0.2) is 48.6 Å². The first kappa shape index (κ1) is 19.3. The van der Waals surface area contributed by atoms with E-state index in [1.807, 2.05) is 0 Å². The van der Waals surface area contributed by atoms with Gasteiger partial charge in [0, 0.05) is 5.56 Å². The summed E-state index contributed by atoms with van der Waals surface area (Å²) in [7, 11) is 0. The Morgan fingerprint density at radius 1 is 0.963 bits per heavy atom. The lowest BCUT2D eigenvalue weighted by atomic mass is 9.78. The fourth-order valence-corrected chi connectivity index (χ4v) is 3.61. The standard InChI is InChI=1S/C24H23F3/c1-2-17-7-11-20(12-8-17)21-13-9-18(10-14-21)5-3-4-6-19-15-22(25)24(27)23(26)16-19/h3,5,7-8,11-12,15-16,18,21H,2,9-10,13-14H2,1H3/t18-,21-. The molecule has 1 aliphatic carbocycles. The normalized spacial score (nSPS) is 19.7. The average molecular weight is 368 g/mol. The van der Waals surface area contributed by atoms with Crippen molar-refractivity contribution in [3.05, 3.63) is 82.7 Å². The highest BCUT2D eigenvalue weighted by Crippen LogP contribution is 2.36. The maximum atomic E-state index is 13.2. The van der Waals surface area contributed by atoms with E-state index in [0.29, 0.717) is 11.8 Å². The van der Waals surface area contributed by atoms with Crippen molar-refractivity contribution in [3.8, 4) is 11.8 Å². The van der Waals surface area contributed by atoms with E-state index < -0.39 is 17.5 Å². The smallest absolute Gasteiger partial charge is 0.194 e. The molecule has 0 radical (unpaired) electrons. The lowest BCUT2D eigenvalue weighted by Gasteiger charge is -2.27. The molecule has 3 rings (SSSR count). The fourth-order valence-electron chi connectivity index (χ4n) is 3.61. The van der Waals surface area contributed by atoms with E-state index in [1.165, 1.54) is 11.1 Å². The second kappa shape index (κ2) is 8.95. The molecular weight excluding hydrogens is 345 g/mol. The van der Waals surface area contributed by atoms with Gasteiger partial charge in [-0.2, -0.15) is 0 Å². The molecule has 0 unspecified atom stereocenters. The Hall–Kier alpha value is -2.47. The summed E-state index contributed by atoms with van der Waals surface area (Å²) in [5.41, 5.74) is 2.93. The van der Waals surface area contributed by atoms with Crippen molar-refractivity contribution in [2.45, 2.75) is 44.9 Å². The van der Waals surface area contributed by atoms with Gasteiger partial charge in [-0.3, -0.25) is 0 Å². The van der Waals surface area contributed by atoms with E-state index in [4.69, 9.17) is 0 Å². The van der Waals surface area contributed by atoms with Gasteiger partial charge in [0.05, 0.1) is 0 Å². The van der Waals surface area contributed by atoms with Crippen molar-refractivity contribution in [2.75, 3.05) is 0 Å². The maximum Gasteiger partial charge on any atom is 0.194 e. The summed E-state index contributed by atoms with van der Waals surface area (Å²) in [5, 5.41) is 0. The Labute approximate surface area is 159 Å². The van der Waals surface area contributed by atoms with Gasteiger partial charge in [0.15, 0.2) is 17.5 Å². The van der Waals surface area contributed by atoms with Crippen LogP contribution in [0.5, 0.6) is 0 Å². The Bertz CT molecular complexity index is 838. The van der Waals surface area contributed by atoms with Gasteiger partial charge < -0.3 is 0 Å². The zero-order valence-corrected chi connectivity index (χ0v) is 15.4. The average Bonchev–Trinajstić information content (AvgIpc) is 2.70. The first-order valence-corrected chi connectivity index (χ1v) is 9.48. The maximum absolute atomic E-state index is 13.2. The van der Waals surface area contributed by atoms with Crippen LogP contribution < -0.4 is 0 Å². The Balaban J connectivity index is 1.53. The first-order chi connectivity index (χ1) is 13.1. The molecule has 0 amide bonds. The third-order valence-electron chi connectivity index (χ3n) is 5.28. The first-order valence-electron chi connectivity index (χ1n) is 9.48. The topological polar surface area (TPSA) is 0 Å². The molecule has 0 spiro atoms. The van der Waals surface area contributed by atoms with Gasteiger partial charge in [0.25, 0.3) is 0 Å². The van der Waals surface area contributed by atoms with Gasteiger partial charge >= 0.3 is 0 Å². The predicted molar refractivity (Wildman–Crippen MR) is 103 cm³/mol. The van der Waals surface area contributed by atoms with Gasteiger partial charge in [-0.15, -0.1) is 0 Å². The molecule has 2 aromatic rings.